The number of aliphatic hydroxyl groups is 1. The Labute approximate surface area is 347 Å². The van der Waals surface area contributed by atoms with Crippen LogP contribution in [0.1, 0.15) is 64.0 Å². The van der Waals surface area contributed by atoms with E-state index in [9.17, 15) is 42.7 Å². The molecule has 6 rings (SSSR count). The van der Waals surface area contributed by atoms with Crippen LogP contribution in [-0.2, 0) is 39.9 Å². The number of ether oxygens (including phenoxy) is 1. The normalized spacial score (nSPS) is 30.2. The van der Waals surface area contributed by atoms with E-state index in [0.717, 1.165) is 17.7 Å². The number of nitrogens with two attached hydrogens (primary N) is 1. The maximum Gasteiger partial charge on any atom is 0.248 e. The molecule has 18 heteroatoms. The van der Waals surface area contributed by atoms with Gasteiger partial charge in [0.05, 0.1) is 18.8 Å². The topological polar surface area (TPSA) is 216 Å². The number of halogens is 2. The van der Waals surface area contributed by atoms with Crippen molar-refractivity contribution in [1.82, 2.24) is 30.7 Å². The third-order valence-corrected chi connectivity index (χ3v) is 12.0. The third-order valence-electron chi connectivity index (χ3n) is 12.0. The summed E-state index contributed by atoms with van der Waals surface area (Å²) in [5.74, 6) is -5.11. The molecule has 2 aromatic rings. The van der Waals surface area contributed by atoms with Gasteiger partial charge in [-0.15, -0.1) is 0 Å². The molecule has 4 aliphatic rings. The van der Waals surface area contributed by atoms with Crippen molar-refractivity contribution in [3.8, 4) is 0 Å². The number of amides is 5. The number of nitrogens with zero attached hydrogens (tertiary/aromatic N) is 3. The molecule has 0 aliphatic carbocycles. The van der Waals surface area contributed by atoms with Crippen molar-refractivity contribution >= 4 is 41.5 Å². The SMILES string of the molecule is Cc1ccc(NC(O)N[C@@H](Cc2cc(F)cc(F)c2)C(=O)N[C@@H]2C(=O)N3C[C@@H](N)C[C@H]3C(=O)N3CCCC[C@H]3C(=O)N[C@@H](C)C(=O)N3C[C@H](C)CC3(C=O)CO[C@H]2C)cc1. The highest BCUT2D eigenvalue weighted by Crippen LogP contribution is 2.34. The Bertz CT molecular complexity index is 1920. The van der Waals surface area contributed by atoms with Gasteiger partial charge in [0.1, 0.15) is 47.6 Å². The van der Waals surface area contributed by atoms with Crippen molar-refractivity contribution < 1.29 is 47.4 Å². The summed E-state index contributed by atoms with van der Waals surface area (Å²) >= 11 is 0. The van der Waals surface area contributed by atoms with Crippen LogP contribution in [0.4, 0.5) is 14.5 Å². The van der Waals surface area contributed by atoms with Crippen LogP contribution in [0.2, 0.25) is 0 Å². The summed E-state index contributed by atoms with van der Waals surface area (Å²) in [5, 5.41) is 22.2. The van der Waals surface area contributed by atoms with Gasteiger partial charge < -0.3 is 51.0 Å². The van der Waals surface area contributed by atoms with Gasteiger partial charge >= 0.3 is 0 Å². The highest BCUT2D eigenvalue weighted by atomic mass is 19.1. The number of aliphatic hydroxyl groups excluding tert-OH is 1. The van der Waals surface area contributed by atoms with Crippen molar-refractivity contribution in [3.63, 3.8) is 0 Å². The summed E-state index contributed by atoms with van der Waals surface area (Å²) in [6.07, 6.45) is -0.642. The molecular formula is C42H56F2N8O8. The molecule has 7 N–H and O–H groups in total. The molecule has 2 unspecified atom stereocenters. The van der Waals surface area contributed by atoms with Crippen LogP contribution in [0, 0.1) is 24.5 Å². The van der Waals surface area contributed by atoms with E-state index in [-0.39, 0.29) is 57.0 Å². The Balaban J connectivity index is 1.36. The largest absolute Gasteiger partial charge is 0.373 e. The molecule has 0 saturated carbocycles. The summed E-state index contributed by atoms with van der Waals surface area (Å²) < 4.78 is 35.1. The second-order valence-electron chi connectivity index (χ2n) is 16.9. The molecule has 0 spiro atoms. The molecule has 2 aromatic carbocycles. The summed E-state index contributed by atoms with van der Waals surface area (Å²) in [4.78, 5) is 88.7. The van der Waals surface area contributed by atoms with Crippen LogP contribution in [0.5, 0.6) is 0 Å². The number of nitrogens with one attached hydrogen (secondary N) is 4. The van der Waals surface area contributed by atoms with Gasteiger partial charge in [0, 0.05) is 37.4 Å². The average Bonchev–Trinajstić information content (AvgIpc) is 3.77. The van der Waals surface area contributed by atoms with Crippen LogP contribution >= 0.6 is 0 Å². The van der Waals surface area contributed by atoms with Crippen molar-refractivity contribution in [2.24, 2.45) is 11.7 Å². The van der Waals surface area contributed by atoms with E-state index >= 15 is 0 Å². The maximum absolute atomic E-state index is 14.9. The van der Waals surface area contributed by atoms with Crippen LogP contribution in [0.15, 0.2) is 42.5 Å². The van der Waals surface area contributed by atoms with Crippen LogP contribution in [-0.4, -0.2) is 136 Å². The van der Waals surface area contributed by atoms with E-state index < -0.39 is 95.4 Å². The summed E-state index contributed by atoms with van der Waals surface area (Å²) in [6.45, 7) is 6.74. The molecule has 4 fully saturated rings. The van der Waals surface area contributed by atoms with Gasteiger partial charge in [-0.25, -0.2) is 8.78 Å². The smallest absolute Gasteiger partial charge is 0.248 e. The van der Waals surface area contributed by atoms with Gasteiger partial charge in [0.15, 0.2) is 6.35 Å². The first-order valence-electron chi connectivity index (χ1n) is 20.6. The second kappa shape index (κ2) is 18.7. The number of aryl methyl sites for hydroxylation is 1. The predicted molar refractivity (Wildman–Crippen MR) is 214 cm³/mol. The average molecular weight is 839 g/mol. The first-order valence-corrected chi connectivity index (χ1v) is 20.6. The minimum absolute atomic E-state index is 0.0630. The van der Waals surface area contributed by atoms with Crippen molar-refractivity contribution in [2.45, 2.75) is 120 Å². The molecule has 5 amide bonds. The number of anilines is 1. The fourth-order valence-electron chi connectivity index (χ4n) is 8.89. The molecule has 16 nitrogen and oxygen atoms in total. The first kappa shape index (κ1) is 44.5. The predicted octanol–water partition coefficient (Wildman–Crippen LogP) is 0.686. The molecule has 10 atom stereocenters. The molecule has 0 aromatic heterocycles. The van der Waals surface area contributed by atoms with Gasteiger partial charge in [-0.3, -0.25) is 29.3 Å². The summed E-state index contributed by atoms with van der Waals surface area (Å²) in [7, 11) is 0. The van der Waals surface area contributed by atoms with Gasteiger partial charge in [-0.05, 0) is 95.0 Å². The highest BCUT2D eigenvalue weighted by molar-refractivity contribution is 5.97. The zero-order chi connectivity index (χ0) is 43.5. The Morgan fingerprint density at radius 1 is 1.00 bits per heavy atom. The van der Waals surface area contributed by atoms with Gasteiger partial charge in [0.2, 0.25) is 29.5 Å². The van der Waals surface area contributed by atoms with Crippen molar-refractivity contribution in [1.29, 1.82) is 0 Å². The van der Waals surface area contributed by atoms with Gasteiger partial charge in [-0.1, -0.05) is 24.6 Å². The molecule has 4 heterocycles. The van der Waals surface area contributed by atoms with Crippen molar-refractivity contribution in [3.05, 3.63) is 65.2 Å². The van der Waals surface area contributed by atoms with E-state index in [2.05, 4.69) is 21.3 Å². The number of hydrogen-bond acceptors (Lipinski definition) is 11. The summed E-state index contributed by atoms with van der Waals surface area (Å²) in [5.41, 5.74) is 6.44. The second-order valence-corrected chi connectivity index (χ2v) is 16.9. The number of aldehydes is 1. The number of piperidine rings is 1. The Morgan fingerprint density at radius 3 is 2.38 bits per heavy atom. The highest BCUT2D eigenvalue weighted by Gasteiger charge is 2.51. The van der Waals surface area contributed by atoms with E-state index in [1.807, 2.05) is 13.8 Å². The fourth-order valence-corrected chi connectivity index (χ4v) is 8.89. The van der Waals surface area contributed by atoms with E-state index in [1.165, 1.54) is 28.5 Å². The molecule has 4 saturated heterocycles. The zero-order valence-corrected chi connectivity index (χ0v) is 34.4. The maximum atomic E-state index is 14.9. The van der Waals surface area contributed by atoms with E-state index in [0.29, 0.717) is 37.3 Å². The zero-order valence-electron chi connectivity index (χ0n) is 34.4. The summed E-state index contributed by atoms with van der Waals surface area (Å²) in [6, 6.07) is 3.07. The van der Waals surface area contributed by atoms with E-state index in [4.69, 9.17) is 10.5 Å². The van der Waals surface area contributed by atoms with Crippen molar-refractivity contribution in [2.75, 3.05) is 31.6 Å². The number of fused-ring (bicyclic) bond motifs is 3. The Morgan fingerprint density at radius 2 is 1.70 bits per heavy atom. The number of hydrogen-bond donors (Lipinski definition) is 6. The molecule has 326 valence electrons. The van der Waals surface area contributed by atoms with Crippen LogP contribution < -0.4 is 27.0 Å². The Hall–Kier alpha value is -5.04. The molecule has 60 heavy (non-hydrogen) atoms. The quantitative estimate of drug-likeness (QED) is 0.153. The van der Waals surface area contributed by atoms with Crippen LogP contribution in [0.3, 0.4) is 0 Å². The lowest BCUT2D eigenvalue weighted by Gasteiger charge is -2.41. The monoisotopic (exact) mass is 838 g/mol. The fraction of sp³-hybridized carbons (Fsp3) is 0.571. The lowest BCUT2D eigenvalue weighted by Crippen LogP contribution is -2.64. The Kier molecular flexibility index (Phi) is 13.9. The molecule has 0 bridgehead atoms. The number of carbonyl (C=O) groups is 6. The minimum atomic E-state index is -1.57. The lowest BCUT2D eigenvalue weighted by atomic mass is 9.94. The van der Waals surface area contributed by atoms with E-state index in [1.54, 1.807) is 24.3 Å². The van der Waals surface area contributed by atoms with Crippen LogP contribution in [0.25, 0.3) is 0 Å². The molecule has 4 aliphatic heterocycles. The number of carbonyl (C=O) groups excluding carboxylic acids is 6. The molecular weight excluding hydrogens is 783 g/mol. The molecule has 0 radical (unpaired) electrons. The third kappa shape index (κ3) is 9.94. The number of rotatable bonds is 9. The van der Waals surface area contributed by atoms with Gasteiger partial charge in [-0.2, -0.15) is 0 Å². The standard InChI is InChI=1S/C42H56F2N8O8/c1-23-8-10-31(11-9-23)47-41(59)48-32(15-27-13-28(43)16-29(44)14-27)36(54)49-35-26(4)60-22-42(21-53)18-24(2)19-52(42)38(56)25(3)46-37(55)33-7-5-6-12-50(33)39(57)34-17-30(45)20-51(34)40(35)58/h8-11,13-14,16,21,24-26,30,32-35,41,47-48,59H,5-7,12,15,17-20,22,45H2,1-4H3,(H,46,55)(H,49,54)/t24-,25+,26+,30+,32+,33+,34+,35+,41?,42?/m1/s1. The number of benzene rings is 2. The first-order chi connectivity index (χ1) is 28.5. The minimum Gasteiger partial charge on any atom is -0.373 e. The van der Waals surface area contributed by atoms with Gasteiger partial charge in [0.25, 0.3) is 0 Å². The lowest BCUT2D eigenvalue weighted by molar-refractivity contribution is -0.155.